The first-order valence-electron chi connectivity index (χ1n) is 6.84. The minimum Gasteiger partial charge on any atom is -0.493 e. The molecule has 0 amide bonds. The molecule has 0 fully saturated rings. The van der Waals surface area contributed by atoms with Gasteiger partial charge in [-0.05, 0) is 20.3 Å². The van der Waals surface area contributed by atoms with Crippen molar-refractivity contribution in [2.24, 2.45) is 0 Å². The van der Waals surface area contributed by atoms with Crippen LogP contribution < -0.4 is 15.2 Å². The molecule has 0 radical (unpaired) electrons. The van der Waals surface area contributed by atoms with Crippen LogP contribution in [0.4, 0.5) is 5.69 Å². The summed E-state index contributed by atoms with van der Waals surface area (Å²) in [7, 11) is 0. The van der Waals surface area contributed by atoms with Crippen LogP contribution in [-0.2, 0) is 0 Å². The Bertz CT molecular complexity index is 564. The normalized spacial score (nSPS) is 10.8. The summed E-state index contributed by atoms with van der Waals surface area (Å²) in [5.74, 6) is 2.06. The predicted molar refractivity (Wildman–Crippen MR) is 79.3 cm³/mol. The molecule has 0 saturated heterocycles. The van der Waals surface area contributed by atoms with Crippen LogP contribution in [0.5, 0.6) is 17.2 Å². The van der Waals surface area contributed by atoms with Gasteiger partial charge in [0.2, 0.25) is 0 Å². The van der Waals surface area contributed by atoms with Gasteiger partial charge in [-0.3, -0.25) is 4.68 Å². The highest BCUT2D eigenvalue weighted by Crippen LogP contribution is 2.28. The Labute approximate surface area is 119 Å². The lowest BCUT2D eigenvalue weighted by Gasteiger charge is -2.09. The minimum absolute atomic E-state index is 0.302. The van der Waals surface area contributed by atoms with E-state index >= 15 is 0 Å². The van der Waals surface area contributed by atoms with Crippen LogP contribution in [0.15, 0.2) is 30.6 Å². The molecule has 2 rings (SSSR count). The molecule has 1 aromatic heterocycles. The summed E-state index contributed by atoms with van der Waals surface area (Å²) in [5, 5.41) is 4.24. The van der Waals surface area contributed by atoms with Gasteiger partial charge in [-0.1, -0.05) is 6.92 Å². The Balaban J connectivity index is 2.13. The van der Waals surface area contributed by atoms with E-state index in [-0.39, 0.29) is 0 Å². The smallest absolute Gasteiger partial charge is 0.165 e. The average Bonchev–Trinajstić information content (AvgIpc) is 2.84. The zero-order valence-electron chi connectivity index (χ0n) is 12.2. The Morgan fingerprint density at radius 1 is 1.20 bits per heavy atom. The van der Waals surface area contributed by atoms with Gasteiger partial charge in [0.15, 0.2) is 5.75 Å². The molecule has 0 aliphatic carbocycles. The molecule has 108 valence electrons. The topological polar surface area (TPSA) is 62.3 Å². The molecule has 0 saturated carbocycles. The van der Waals surface area contributed by atoms with Crippen molar-refractivity contribution in [1.29, 1.82) is 0 Å². The van der Waals surface area contributed by atoms with Gasteiger partial charge in [0.05, 0.1) is 19.0 Å². The van der Waals surface area contributed by atoms with E-state index in [1.54, 1.807) is 18.3 Å². The molecular weight excluding hydrogens is 254 g/mol. The molecule has 20 heavy (non-hydrogen) atoms. The first-order valence-corrected chi connectivity index (χ1v) is 6.84. The molecular formula is C15H21N3O2. The van der Waals surface area contributed by atoms with Crippen LogP contribution in [0.25, 0.3) is 0 Å². The fourth-order valence-electron chi connectivity index (χ4n) is 1.75. The van der Waals surface area contributed by atoms with Crippen LogP contribution in [0, 0.1) is 0 Å². The largest absolute Gasteiger partial charge is 0.493 e. The van der Waals surface area contributed by atoms with Crippen molar-refractivity contribution in [1.82, 2.24) is 9.78 Å². The summed E-state index contributed by atoms with van der Waals surface area (Å²) in [6.07, 6.45) is 4.50. The van der Waals surface area contributed by atoms with E-state index in [1.807, 2.05) is 16.9 Å². The SMILES string of the molecule is CCCOc1cc(N)cc(Oc2cnn(C(C)C)c2)c1. The summed E-state index contributed by atoms with van der Waals surface area (Å²) in [6.45, 7) is 6.85. The van der Waals surface area contributed by atoms with E-state index in [0.29, 0.717) is 29.8 Å². The fourth-order valence-corrected chi connectivity index (χ4v) is 1.75. The lowest BCUT2D eigenvalue weighted by atomic mass is 10.3. The molecule has 1 aromatic carbocycles. The highest BCUT2D eigenvalue weighted by molar-refractivity contribution is 5.51. The molecule has 2 aromatic rings. The fraction of sp³-hybridized carbons (Fsp3) is 0.400. The second-order valence-electron chi connectivity index (χ2n) is 4.94. The summed E-state index contributed by atoms with van der Waals surface area (Å²) < 4.78 is 13.2. The number of aromatic nitrogens is 2. The predicted octanol–water partition coefficient (Wildman–Crippen LogP) is 3.63. The van der Waals surface area contributed by atoms with E-state index in [4.69, 9.17) is 15.2 Å². The van der Waals surface area contributed by atoms with Crippen molar-refractivity contribution in [2.75, 3.05) is 12.3 Å². The van der Waals surface area contributed by atoms with Crippen LogP contribution in [0.1, 0.15) is 33.2 Å². The third kappa shape index (κ3) is 3.66. The molecule has 0 aliphatic heterocycles. The van der Waals surface area contributed by atoms with Crippen LogP contribution in [-0.4, -0.2) is 16.4 Å². The van der Waals surface area contributed by atoms with Gasteiger partial charge in [0.25, 0.3) is 0 Å². The molecule has 2 N–H and O–H groups in total. The Kier molecular flexibility index (Phi) is 4.50. The van der Waals surface area contributed by atoms with Crippen molar-refractivity contribution in [3.8, 4) is 17.2 Å². The highest BCUT2D eigenvalue weighted by Gasteiger charge is 2.06. The zero-order chi connectivity index (χ0) is 14.5. The van der Waals surface area contributed by atoms with Gasteiger partial charge < -0.3 is 15.2 Å². The average molecular weight is 275 g/mol. The van der Waals surface area contributed by atoms with Gasteiger partial charge in [-0.25, -0.2) is 0 Å². The van der Waals surface area contributed by atoms with Gasteiger partial charge in [-0.15, -0.1) is 0 Å². The number of hydrogen-bond acceptors (Lipinski definition) is 4. The third-order valence-corrected chi connectivity index (χ3v) is 2.72. The number of nitrogens with zero attached hydrogens (tertiary/aromatic N) is 2. The van der Waals surface area contributed by atoms with Crippen molar-refractivity contribution in [3.63, 3.8) is 0 Å². The summed E-state index contributed by atoms with van der Waals surface area (Å²) in [4.78, 5) is 0. The number of ether oxygens (including phenoxy) is 2. The standard InChI is InChI=1S/C15H21N3O2/c1-4-5-19-13-6-12(16)7-14(8-13)20-15-9-17-18(10-15)11(2)3/h6-11H,4-5,16H2,1-3H3. The van der Waals surface area contributed by atoms with Crippen molar-refractivity contribution in [3.05, 3.63) is 30.6 Å². The maximum atomic E-state index is 5.86. The van der Waals surface area contributed by atoms with Crippen LogP contribution in [0.3, 0.4) is 0 Å². The van der Waals surface area contributed by atoms with E-state index in [0.717, 1.165) is 12.2 Å². The number of nitrogen functional groups attached to an aromatic ring is 1. The zero-order valence-corrected chi connectivity index (χ0v) is 12.2. The lowest BCUT2D eigenvalue weighted by Crippen LogP contribution is -1.99. The van der Waals surface area contributed by atoms with E-state index in [2.05, 4.69) is 25.9 Å². The molecule has 0 bridgehead atoms. The number of nitrogens with two attached hydrogens (primary N) is 1. The summed E-state index contributed by atoms with van der Waals surface area (Å²) in [6, 6.07) is 5.70. The molecule has 0 atom stereocenters. The summed E-state index contributed by atoms with van der Waals surface area (Å²) >= 11 is 0. The Morgan fingerprint density at radius 2 is 1.95 bits per heavy atom. The van der Waals surface area contributed by atoms with Gasteiger partial charge >= 0.3 is 0 Å². The number of hydrogen-bond donors (Lipinski definition) is 1. The second kappa shape index (κ2) is 6.32. The quantitative estimate of drug-likeness (QED) is 0.818. The minimum atomic E-state index is 0.302. The third-order valence-electron chi connectivity index (χ3n) is 2.72. The molecule has 5 nitrogen and oxygen atoms in total. The van der Waals surface area contributed by atoms with Crippen LogP contribution >= 0.6 is 0 Å². The van der Waals surface area contributed by atoms with Gasteiger partial charge in [0.1, 0.15) is 11.5 Å². The molecule has 5 heteroatoms. The number of rotatable bonds is 6. The van der Waals surface area contributed by atoms with E-state index in [1.165, 1.54) is 0 Å². The van der Waals surface area contributed by atoms with Crippen molar-refractivity contribution < 1.29 is 9.47 Å². The second-order valence-corrected chi connectivity index (χ2v) is 4.94. The summed E-state index contributed by atoms with van der Waals surface area (Å²) in [5.41, 5.74) is 6.47. The monoisotopic (exact) mass is 275 g/mol. The van der Waals surface area contributed by atoms with Crippen molar-refractivity contribution in [2.45, 2.75) is 33.2 Å². The highest BCUT2D eigenvalue weighted by atomic mass is 16.5. The van der Waals surface area contributed by atoms with E-state index < -0.39 is 0 Å². The molecule has 0 unspecified atom stereocenters. The molecule has 0 spiro atoms. The first kappa shape index (κ1) is 14.2. The molecule has 0 aliphatic rings. The lowest BCUT2D eigenvalue weighted by molar-refractivity contribution is 0.316. The first-order chi connectivity index (χ1) is 9.58. The Hall–Kier alpha value is -2.17. The maximum Gasteiger partial charge on any atom is 0.165 e. The van der Waals surface area contributed by atoms with E-state index in [9.17, 15) is 0 Å². The maximum absolute atomic E-state index is 5.86. The number of anilines is 1. The number of benzene rings is 1. The Morgan fingerprint density at radius 3 is 2.60 bits per heavy atom. The van der Waals surface area contributed by atoms with Crippen molar-refractivity contribution >= 4 is 5.69 Å². The van der Waals surface area contributed by atoms with Gasteiger partial charge in [0, 0.05) is 29.9 Å². The van der Waals surface area contributed by atoms with Crippen LogP contribution in [0.2, 0.25) is 0 Å². The molecule has 1 heterocycles. The van der Waals surface area contributed by atoms with Gasteiger partial charge in [-0.2, -0.15) is 5.10 Å².